The first-order valence-corrected chi connectivity index (χ1v) is 11.2. The highest BCUT2D eigenvalue weighted by molar-refractivity contribution is 8.00. The third-order valence-corrected chi connectivity index (χ3v) is 6.82. The van der Waals surface area contributed by atoms with Crippen molar-refractivity contribution < 1.29 is 14.3 Å². The van der Waals surface area contributed by atoms with Crippen LogP contribution >= 0.6 is 23.1 Å². The van der Waals surface area contributed by atoms with E-state index in [1.165, 1.54) is 11.8 Å². The van der Waals surface area contributed by atoms with Gasteiger partial charge in [-0.15, -0.1) is 11.3 Å². The van der Waals surface area contributed by atoms with Crippen molar-refractivity contribution in [2.45, 2.75) is 5.03 Å². The highest BCUT2D eigenvalue weighted by Crippen LogP contribution is 2.27. The minimum atomic E-state index is 0.117. The predicted molar refractivity (Wildman–Crippen MR) is 109 cm³/mol. The van der Waals surface area contributed by atoms with Crippen LogP contribution in [-0.4, -0.2) is 101 Å². The van der Waals surface area contributed by atoms with Gasteiger partial charge >= 0.3 is 0 Å². The average Bonchev–Trinajstić information content (AvgIpc) is 3.22. The van der Waals surface area contributed by atoms with Crippen LogP contribution in [0.25, 0.3) is 10.2 Å². The molecule has 2 amide bonds. The van der Waals surface area contributed by atoms with Crippen LogP contribution in [0.15, 0.2) is 22.8 Å². The Morgan fingerprint density at radius 1 is 1.04 bits per heavy atom. The standard InChI is InChI=1S/C18H23N5O3S2/c24-15(23-6-8-26-9-7-23)11-21-2-4-22(5-3-21)16(25)12-28-18-14-1-10-27-17(14)19-13-20-18/h1,10,13H,2-9,11-12H2. The van der Waals surface area contributed by atoms with Crippen LogP contribution in [0.2, 0.25) is 0 Å². The van der Waals surface area contributed by atoms with E-state index in [4.69, 9.17) is 4.74 Å². The van der Waals surface area contributed by atoms with Gasteiger partial charge in [-0.3, -0.25) is 14.5 Å². The Hall–Kier alpha value is -1.75. The van der Waals surface area contributed by atoms with Crippen molar-refractivity contribution in [1.82, 2.24) is 24.7 Å². The van der Waals surface area contributed by atoms with Crippen LogP contribution in [0.1, 0.15) is 0 Å². The normalized spacial score (nSPS) is 18.6. The Balaban J connectivity index is 1.22. The Labute approximate surface area is 171 Å². The van der Waals surface area contributed by atoms with E-state index < -0.39 is 0 Å². The SMILES string of the molecule is O=C(CSc1ncnc2sccc12)N1CCN(CC(=O)N2CCOCC2)CC1. The van der Waals surface area contributed by atoms with Crippen LogP contribution in [0.3, 0.4) is 0 Å². The van der Waals surface area contributed by atoms with Gasteiger partial charge in [-0.05, 0) is 11.4 Å². The zero-order valence-electron chi connectivity index (χ0n) is 15.6. The molecule has 0 aromatic carbocycles. The van der Waals surface area contributed by atoms with Gasteiger partial charge < -0.3 is 14.5 Å². The first-order valence-electron chi connectivity index (χ1n) is 9.37. The van der Waals surface area contributed by atoms with Crippen LogP contribution in [0.5, 0.6) is 0 Å². The van der Waals surface area contributed by atoms with Gasteiger partial charge in [0.05, 0.1) is 25.5 Å². The molecule has 150 valence electrons. The van der Waals surface area contributed by atoms with Crippen LogP contribution in [0, 0.1) is 0 Å². The molecule has 10 heteroatoms. The fourth-order valence-electron chi connectivity index (χ4n) is 3.36. The number of hydrogen-bond acceptors (Lipinski definition) is 8. The molecule has 0 saturated carbocycles. The molecule has 0 unspecified atom stereocenters. The highest BCUT2D eigenvalue weighted by atomic mass is 32.2. The maximum absolute atomic E-state index is 12.6. The molecule has 4 rings (SSSR count). The van der Waals surface area contributed by atoms with Gasteiger partial charge in [0.2, 0.25) is 11.8 Å². The monoisotopic (exact) mass is 421 g/mol. The largest absolute Gasteiger partial charge is 0.378 e. The van der Waals surface area contributed by atoms with Crippen molar-refractivity contribution in [3.05, 3.63) is 17.8 Å². The molecule has 0 aliphatic carbocycles. The number of nitrogens with zero attached hydrogens (tertiary/aromatic N) is 5. The Morgan fingerprint density at radius 3 is 2.57 bits per heavy atom. The number of aromatic nitrogens is 2. The minimum absolute atomic E-state index is 0.117. The molecular formula is C18H23N5O3S2. The van der Waals surface area contributed by atoms with E-state index in [1.807, 2.05) is 21.2 Å². The van der Waals surface area contributed by atoms with E-state index in [0.717, 1.165) is 28.3 Å². The van der Waals surface area contributed by atoms with Crippen LogP contribution in [-0.2, 0) is 14.3 Å². The fourth-order valence-corrected chi connectivity index (χ4v) is 5.05. The number of fused-ring (bicyclic) bond motifs is 1. The summed E-state index contributed by atoms with van der Waals surface area (Å²) < 4.78 is 5.29. The number of rotatable bonds is 5. The third-order valence-electron chi connectivity index (χ3n) is 5.01. The molecule has 2 fully saturated rings. The number of hydrogen-bond donors (Lipinski definition) is 0. The van der Waals surface area contributed by atoms with Crippen LogP contribution < -0.4 is 0 Å². The second kappa shape index (κ2) is 9.17. The van der Waals surface area contributed by atoms with Gasteiger partial charge in [-0.25, -0.2) is 9.97 Å². The van der Waals surface area contributed by atoms with Gasteiger partial charge in [-0.2, -0.15) is 0 Å². The molecule has 0 radical (unpaired) electrons. The minimum Gasteiger partial charge on any atom is -0.378 e. The molecule has 2 saturated heterocycles. The predicted octanol–water partition coefficient (Wildman–Crippen LogP) is 0.786. The topological polar surface area (TPSA) is 78.9 Å². The fraction of sp³-hybridized carbons (Fsp3) is 0.556. The Morgan fingerprint density at radius 2 is 1.79 bits per heavy atom. The average molecular weight is 422 g/mol. The smallest absolute Gasteiger partial charge is 0.236 e. The summed E-state index contributed by atoms with van der Waals surface area (Å²) in [6.45, 7) is 5.80. The van der Waals surface area contributed by atoms with E-state index in [-0.39, 0.29) is 11.8 Å². The molecule has 28 heavy (non-hydrogen) atoms. The lowest BCUT2D eigenvalue weighted by atomic mass is 10.3. The second-order valence-electron chi connectivity index (χ2n) is 6.76. The van der Waals surface area contributed by atoms with Gasteiger partial charge in [-0.1, -0.05) is 11.8 Å². The highest BCUT2D eigenvalue weighted by Gasteiger charge is 2.25. The van der Waals surface area contributed by atoms with E-state index in [9.17, 15) is 9.59 Å². The zero-order valence-corrected chi connectivity index (χ0v) is 17.2. The number of carbonyl (C=O) groups excluding carboxylic acids is 2. The summed E-state index contributed by atoms with van der Waals surface area (Å²) in [6.07, 6.45) is 1.55. The summed E-state index contributed by atoms with van der Waals surface area (Å²) in [5, 5.41) is 3.86. The van der Waals surface area contributed by atoms with Crippen molar-refractivity contribution in [1.29, 1.82) is 0 Å². The number of amides is 2. The number of ether oxygens (including phenoxy) is 1. The Bertz CT molecular complexity index is 831. The van der Waals surface area contributed by atoms with E-state index in [0.29, 0.717) is 51.7 Å². The number of carbonyl (C=O) groups is 2. The molecule has 4 heterocycles. The maximum Gasteiger partial charge on any atom is 0.236 e. The van der Waals surface area contributed by atoms with Gasteiger partial charge in [0, 0.05) is 44.7 Å². The molecule has 2 aliphatic heterocycles. The molecule has 8 nitrogen and oxygen atoms in total. The number of morpholine rings is 1. The lowest BCUT2D eigenvalue weighted by molar-refractivity contribution is -0.137. The molecule has 0 bridgehead atoms. The molecule has 2 aromatic heterocycles. The first-order chi connectivity index (χ1) is 13.7. The summed E-state index contributed by atoms with van der Waals surface area (Å²) in [6, 6.07) is 2.00. The van der Waals surface area contributed by atoms with Crippen molar-refractivity contribution in [2.75, 3.05) is 64.8 Å². The van der Waals surface area contributed by atoms with Gasteiger partial charge in [0.15, 0.2) is 0 Å². The molecule has 2 aliphatic rings. The first kappa shape index (κ1) is 19.6. The van der Waals surface area contributed by atoms with Crippen molar-refractivity contribution in [3.8, 4) is 0 Å². The van der Waals surface area contributed by atoms with Gasteiger partial charge in [0.25, 0.3) is 0 Å². The van der Waals surface area contributed by atoms with Gasteiger partial charge in [0.1, 0.15) is 16.2 Å². The van der Waals surface area contributed by atoms with Crippen molar-refractivity contribution >= 4 is 45.1 Å². The lowest BCUT2D eigenvalue weighted by Crippen LogP contribution is -2.53. The zero-order chi connectivity index (χ0) is 19.3. The Kier molecular flexibility index (Phi) is 6.40. The van der Waals surface area contributed by atoms with E-state index in [2.05, 4.69) is 14.9 Å². The van der Waals surface area contributed by atoms with Crippen molar-refractivity contribution in [3.63, 3.8) is 0 Å². The molecule has 0 N–H and O–H groups in total. The van der Waals surface area contributed by atoms with Crippen LogP contribution in [0.4, 0.5) is 0 Å². The summed E-state index contributed by atoms with van der Waals surface area (Å²) in [7, 11) is 0. The number of thioether (sulfide) groups is 1. The number of piperazine rings is 1. The quantitative estimate of drug-likeness (QED) is 0.522. The lowest BCUT2D eigenvalue weighted by Gasteiger charge is -2.36. The van der Waals surface area contributed by atoms with E-state index in [1.54, 1.807) is 17.7 Å². The summed E-state index contributed by atoms with van der Waals surface area (Å²) >= 11 is 3.04. The van der Waals surface area contributed by atoms with E-state index >= 15 is 0 Å². The third kappa shape index (κ3) is 4.62. The molecular weight excluding hydrogens is 398 g/mol. The summed E-state index contributed by atoms with van der Waals surface area (Å²) in [5.41, 5.74) is 0. The molecule has 0 atom stereocenters. The molecule has 2 aromatic rings. The molecule has 0 spiro atoms. The maximum atomic E-state index is 12.6. The second-order valence-corrected chi connectivity index (χ2v) is 8.62. The summed E-state index contributed by atoms with van der Waals surface area (Å²) in [5.74, 6) is 0.641. The summed E-state index contributed by atoms with van der Waals surface area (Å²) in [4.78, 5) is 40.3. The van der Waals surface area contributed by atoms with Crippen molar-refractivity contribution in [2.24, 2.45) is 0 Å². The number of thiophene rings is 1.